The summed E-state index contributed by atoms with van der Waals surface area (Å²) in [5.74, 6) is 0. The summed E-state index contributed by atoms with van der Waals surface area (Å²) in [7, 11) is -1.69. The highest BCUT2D eigenvalue weighted by Crippen LogP contribution is 2.31. The first-order valence-corrected chi connectivity index (χ1v) is 9.48. The summed E-state index contributed by atoms with van der Waals surface area (Å²) in [4.78, 5) is 1.07. The van der Waals surface area contributed by atoms with Crippen molar-refractivity contribution < 1.29 is 8.42 Å². The van der Waals surface area contributed by atoms with Gasteiger partial charge in [0.05, 0.1) is 3.79 Å². The van der Waals surface area contributed by atoms with Crippen molar-refractivity contribution in [2.75, 3.05) is 11.8 Å². The molecule has 0 aliphatic heterocycles. The van der Waals surface area contributed by atoms with Crippen molar-refractivity contribution in [3.05, 3.63) is 44.6 Å². The number of hydrogen-bond acceptors (Lipinski definition) is 4. The molecule has 0 spiro atoms. The predicted octanol–water partition coefficient (Wildman–Crippen LogP) is 3.90. The zero-order valence-electron chi connectivity index (χ0n) is 12.0. The molecule has 7 heteroatoms. The Labute approximate surface area is 137 Å². The quantitative estimate of drug-likeness (QED) is 0.816. The van der Waals surface area contributed by atoms with Crippen molar-refractivity contribution in [3.8, 4) is 0 Å². The van der Waals surface area contributed by atoms with Crippen LogP contribution in [0.2, 0.25) is 0 Å². The van der Waals surface area contributed by atoms with Crippen molar-refractivity contribution in [3.63, 3.8) is 0 Å². The Hall–Kier alpha value is -0.890. The Morgan fingerprint density at radius 3 is 2.57 bits per heavy atom. The van der Waals surface area contributed by atoms with Crippen molar-refractivity contribution >= 4 is 43.0 Å². The van der Waals surface area contributed by atoms with Crippen LogP contribution in [-0.2, 0) is 10.0 Å². The Kier molecular flexibility index (Phi) is 5.08. The molecule has 1 unspecified atom stereocenters. The SMILES string of the molecule is CNC(C)c1cccc(NS(=O)(=O)c2cc(Br)sc2C)c1. The molecule has 0 fully saturated rings. The third kappa shape index (κ3) is 3.85. The standard InChI is InChI=1S/C14H17BrN2O2S2/c1-9(16-3)11-5-4-6-12(7-11)17-21(18,19)13-8-14(15)20-10(13)2/h4-9,16-17H,1-3H3. The van der Waals surface area contributed by atoms with E-state index in [9.17, 15) is 8.42 Å². The Morgan fingerprint density at radius 1 is 1.29 bits per heavy atom. The molecule has 0 amide bonds. The Morgan fingerprint density at radius 2 is 2.00 bits per heavy atom. The first kappa shape index (κ1) is 16.5. The van der Waals surface area contributed by atoms with Crippen molar-refractivity contribution in [2.45, 2.75) is 24.8 Å². The maximum Gasteiger partial charge on any atom is 0.263 e. The largest absolute Gasteiger partial charge is 0.313 e. The van der Waals surface area contributed by atoms with Crippen molar-refractivity contribution in [1.82, 2.24) is 5.32 Å². The lowest BCUT2D eigenvalue weighted by atomic mass is 10.1. The number of anilines is 1. The van der Waals surface area contributed by atoms with E-state index in [1.807, 2.05) is 32.2 Å². The van der Waals surface area contributed by atoms with Crippen LogP contribution in [0.15, 0.2) is 39.0 Å². The average molecular weight is 389 g/mol. The molecule has 0 aliphatic carbocycles. The van der Waals surface area contributed by atoms with E-state index in [-0.39, 0.29) is 6.04 Å². The van der Waals surface area contributed by atoms with Gasteiger partial charge in [0, 0.05) is 16.6 Å². The highest BCUT2D eigenvalue weighted by molar-refractivity contribution is 9.11. The maximum atomic E-state index is 12.4. The molecule has 2 aromatic rings. The summed E-state index contributed by atoms with van der Waals surface area (Å²) in [6.07, 6.45) is 0. The zero-order chi connectivity index (χ0) is 15.6. The number of halogens is 1. The summed E-state index contributed by atoms with van der Waals surface area (Å²) in [5, 5.41) is 3.13. The zero-order valence-corrected chi connectivity index (χ0v) is 15.2. The third-order valence-corrected chi connectivity index (χ3v) is 6.39. The van der Waals surface area contributed by atoms with Crippen LogP contribution in [0.3, 0.4) is 0 Å². The van der Waals surface area contributed by atoms with Gasteiger partial charge in [-0.2, -0.15) is 0 Å². The maximum absolute atomic E-state index is 12.4. The lowest BCUT2D eigenvalue weighted by Gasteiger charge is -2.13. The van der Waals surface area contributed by atoms with Gasteiger partial charge in [-0.3, -0.25) is 4.72 Å². The summed E-state index contributed by atoms with van der Waals surface area (Å²) < 4.78 is 28.3. The van der Waals surface area contributed by atoms with Gasteiger partial charge in [-0.15, -0.1) is 11.3 Å². The number of thiophene rings is 1. The second-order valence-corrected chi connectivity index (χ2v) is 9.00. The van der Waals surface area contributed by atoms with E-state index in [0.717, 1.165) is 14.2 Å². The van der Waals surface area contributed by atoms with E-state index < -0.39 is 10.0 Å². The van der Waals surface area contributed by atoms with Crippen LogP contribution in [0.1, 0.15) is 23.4 Å². The van der Waals surface area contributed by atoms with E-state index in [0.29, 0.717) is 10.6 Å². The van der Waals surface area contributed by atoms with Gasteiger partial charge in [0.25, 0.3) is 10.0 Å². The minimum atomic E-state index is -3.56. The van der Waals surface area contributed by atoms with E-state index in [1.54, 1.807) is 19.1 Å². The first-order chi connectivity index (χ1) is 9.83. The van der Waals surface area contributed by atoms with Gasteiger partial charge >= 0.3 is 0 Å². The molecule has 0 bridgehead atoms. The predicted molar refractivity (Wildman–Crippen MR) is 91.5 cm³/mol. The van der Waals surface area contributed by atoms with Crippen molar-refractivity contribution in [1.29, 1.82) is 0 Å². The topological polar surface area (TPSA) is 58.2 Å². The van der Waals surface area contributed by atoms with Crippen LogP contribution in [0.5, 0.6) is 0 Å². The number of aryl methyl sites for hydroxylation is 1. The molecule has 2 rings (SSSR count). The van der Waals surface area contributed by atoms with Crippen LogP contribution >= 0.6 is 27.3 Å². The number of benzene rings is 1. The van der Waals surface area contributed by atoms with Crippen LogP contribution < -0.4 is 10.0 Å². The minimum Gasteiger partial charge on any atom is -0.313 e. The van der Waals surface area contributed by atoms with E-state index in [2.05, 4.69) is 26.0 Å². The fraction of sp³-hybridized carbons (Fsp3) is 0.286. The Bertz CT molecular complexity index is 741. The van der Waals surface area contributed by atoms with Crippen LogP contribution in [0, 0.1) is 6.92 Å². The molecule has 1 aromatic heterocycles. The molecule has 0 saturated carbocycles. The molecule has 1 atom stereocenters. The molecule has 1 heterocycles. The normalized spacial score (nSPS) is 13.1. The van der Waals surface area contributed by atoms with E-state index >= 15 is 0 Å². The highest BCUT2D eigenvalue weighted by atomic mass is 79.9. The highest BCUT2D eigenvalue weighted by Gasteiger charge is 2.19. The fourth-order valence-corrected chi connectivity index (χ4v) is 5.41. The van der Waals surface area contributed by atoms with Gasteiger partial charge < -0.3 is 5.32 Å². The van der Waals surface area contributed by atoms with Gasteiger partial charge in [-0.05, 0) is 60.6 Å². The van der Waals surface area contributed by atoms with Gasteiger partial charge in [0.1, 0.15) is 4.90 Å². The molecule has 0 aliphatic rings. The molecular weight excluding hydrogens is 372 g/mol. The van der Waals surface area contributed by atoms with Gasteiger partial charge in [0.2, 0.25) is 0 Å². The number of hydrogen-bond donors (Lipinski definition) is 2. The van der Waals surface area contributed by atoms with Gasteiger partial charge in [0.15, 0.2) is 0 Å². The molecule has 0 saturated heterocycles. The molecular formula is C14H17BrN2O2S2. The lowest BCUT2D eigenvalue weighted by Crippen LogP contribution is -2.15. The third-order valence-electron chi connectivity index (χ3n) is 3.20. The van der Waals surface area contributed by atoms with Gasteiger partial charge in [-0.1, -0.05) is 12.1 Å². The fourth-order valence-electron chi connectivity index (χ4n) is 1.95. The molecule has 114 valence electrons. The van der Waals surface area contributed by atoms with Crippen LogP contribution in [0.25, 0.3) is 0 Å². The van der Waals surface area contributed by atoms with E-state index in [1.165, 1.54) is 11.3 Å². The monoisotopic (exact) mass is 388 g/mol. The molecule has 0 radical (unpaired) electrons. The minimum absolute atomic E-state index is 0.159. The molecule has 21 heavy (non-hydrogen) atoms. The molecule has 2 N–H and O–H groups in total. The summed E-state index contributed by atoms with van der Waals surface area (Å²) in [5.41, 5.74) is 1.59. The molecule has 4 nitrogen and oxygen atoms in total. The second kappa shape index (κ2) is 6.48. The average Bonchev–Trinajstić information content (AvgIpc) is 2.77. The molecule has 1 aromatic carbocycles. The number of rotatable bonds is 5. The van der Waals surface area contributed by atoms with E-state index in [4.69, 9.17) is 0 Å². The van der Waals surface area contributed by atoms with Crippen LogP contribution in [-0.4, -0.2) is 15.5 Å². The number of sulfonamides is 1. The van der Waals surface area contributed by atoms with Crippen LogP contribution in [0.4, 0.5) is 5.69 Å². The van der Waals surface area contributed by atoms with Crippen molar-refractivity contribution in [2.24, 2.45) is 0 Å². The summed E-state index contributed by atoms with van der Waals surface area (Å²) in [6, 6.07) is 9.19. The Balaban J connectivity index is 2.31. The number of nitrogens with one attached hydrogen (secondary N) is 2. The summed E-state index contributed by atoms with van der Waals surface area (Å²) in [6.45, 7) is 3.82. The second-order valence-electron chi connectivity index (χ2n) is 4.71. The summed E-state index contributed by atoms with van der Waals surface area (Å²) >= 11 is 4.72. The first-order valence-electron chi connectivity index (χ1n) is 6.39. The van der Waals surface area contributed by atoms with Gasteiger partial charge in [-0.25, -0.2) is 8.42 Å². The smallest absolute Gasteiger partial charge is 0.263 e. The lowest BCUT2D eigenvalue weighted by molar-refractivity contribution is 0.601.